The van der Waals surface area contributed by atoms with Crippen molar-refractivity contribution in [2.75, 3.05) is 13.2 Å². The van der Waals surface area contributed by atoms with Crippen molar-refractivity contribution in [3.63, 3.8) is 0 Å². The minimum atomic E-state index is -0.474. The van der Waals surface area contributed by atoms with E-state index >= 15 is 0 Å². The largest absolute Gasteiger partial charge is 0.490 e. The van der Waals surface area contributed by atoms with Gasteiger partial charge in [0.15, 0.2) is 16.1 Å². The monoisotopic (exact) mass is 432 g/mol. The molecule has 1 aromatic heterocycles. The number of carbonyl (C=O) groups excluding carboxylic acids is 1. The SMILES string of the molecule is CC(C)(C)OC(=O)[C@@H]1CC[C@H](N)C[C@H](NCCCOc2cc(Cl)nnc2Cl)C1. The third-order valence-corrected chi connectivity index (χ3v) is 4.93. The summed E-state index contributed by atoms with van der Waals surface area (Å²) in [6.07, 6.45) is 3.94. The van der Waals surface area contributed by atoms with Crippen molar-refractivity contribution < 1.29 is 14.3 Å². The van der Waals surface area contributed by atoms with Crippen LogP contribution in [-0.2, 0) is 9.53 Å². The molecule has 0 saturated heterocycles. The highest BCUT2D eigenvalue weighted by Gasteiger charge is 2.31. The molecule has 3 atom stereocenters. The Hall–Kier alpha value is -1.15. The zero-order valence-corrected chi connectivity index (χ0v) is 18.2. The molecule has 3 N–H and O–H groups in total. The third kappa shape index (κ3) is 8.07. The van der Waals surface area contributed by atoms with Gasteiger partial charge in [0.1, 0.15) is 5.60 Å². The van der Waals surface area contributed by atoms with E-state index in [-0.39, 0.29) is 34.3 Å². The van der Waals surface area contributed by atoms with Crippen LogP contribution < -0.4 is 15.8 Å². The number of nitrogens with one attached hydrogen (secondary N) is 1. The third-order valence-electron chi connectivity index (χ3n) is 4.48. The van der Waals surface area contributed by atoms with E-state index < -0.39 is 5.60 Å². The van der Waals surface area contributed by atoms with Crippen LogP contribution in [0.1, 0.15) is 52.9 Å². The van der Waals surface area contributed by atoms with Crippen LogP contribution in [-0.4, -0.2) is 47.0 Å². The fraction of sp³-hybridized carbons (Fsp3) is 0.737. The molecule has 7 nitrogen and oxygen atoms in total. The Morgan fingerprint density at radius 3 is 2.75 bits per heavy atom. The summed E-state index contributed by atoms with van der Waals surface area (Å²) in [5.41, 5.74) is 5.72. The normalized spacial score (nSPS) is 23.1. The Kier molecular flexibility index (Phi) is 8.74. The van der Waals surface area contributed by atoms with Gasteiger partial charge in [-0.1, -0.05) is 23.2 Å². The number of hydrogen-bond donors (Lipinski definition) is 2. The van der Waals surface area contributed by atoms with E-state index in [0.717, 1.165) is 38.6 Å². The number of esters is 1. The van der Waals surface area contributed by atoms with Gasteiger partial charge < -0.3 is 20.5 Å². The molecule has 0 bridgehead atoms. The quantitative estimate of drug-likeness (QED) is 0.386. The average Bonchev–Trinajstić information content (AvgIpc) is 2.77. The predicted molar refractivity (Wildman–Crippen MR) is 110 cm³/mol. The van der Waals surface area contributed by atoms with Crippen LogP contribution >= 0.6 is 23.2 Å². The Balaban J connectivity index is 1.78. The summed E-state index contributed by atoms with van der Waals surface area (Å²) in [6, 6.07) is 1.81. The molecule has 0 unspecified atom stereocenters. The van der Waals surface area contributed by atoms with Gasteiger partial charge in [-0.25, -0.2) is 0 Å². The van der Waals surface area contributed by atoms with E-state index in [2.05, 4.69) is 15.5 Å². The second-order valence-corrected chi connectivity index (χ2v) is 8.96. The summed E-state index contributed by atoms with van der Waals surface area (Å²) in [4.78, 5) is 12.5. The Morgan fingerprint density at radius 2 is 2.04 bits per heavy atom. The van der Waals surface area contributed by atoms with Crippen LogP contribution in [0.3, 0.4) is 0 Å². The van der Waals surface area contributed by atoms with Crippen LogP contribution in [0, 0.1) is 5.92 Å². The number of nitrogens with zero attached hydrogens (tertiary/aromatic N) is 2. The lowest BCUT2D eigenvalue weighted by molar-refractivity contribution is -0.160. The lowest BCUT2D eigenvalue weighted by atomic mass is 9.97. The summed E-state index contributed by atoms with van der Waals surface area (Å²) in [5, 5.41) is 11.3. The molecule has 1 saturated carbocycles. The van der Waals surface area contributed by atoms with Gasteiger partial charge in [-0.3, -0.25) is 4.79 Å². The van der Waals surface area contributed by atoms with E-state index in [1.54, 1.807) is 6.07 Å². The molecule has 1 aromatic rings. The molecule has 1 fully saturated rings. The van der Waals surface area contributed by atoms with Gasteiger partial charge in [0.05, 0.1) is 12.5 Å². The second kappa shape index (κ2) is 10.6. The van der Waals surface area contributed by atoms with Crippen LogP contribution in [0.4, 0.5) is 0 Å². The molecule has 0 radical (unpaired) electrons. The summed E-state index contributed by atoms with van der Waals surface area (Å²) >= 11 is 11.7. The molecular formula is C19H30Cl2N4O3. The Morgan fingerprint density at radius 1 is 1.29 bits per heavy atom. The number of carbonyl (C=O) groups is 1. The van der Waals surface area contributed by atoms with Gasteiger partial charge in [-0.2, -0.15) is 0 Å². The standard InChI is InChI=1S/C19H30Cl2N4O3/c1-19(2,3)28-18(26)12-5-6-13(22)10-14(9-12)23-7-4-8-27-15-11-16(20)24-25-17(15)21/h11-14,23H,4-10,22H2,1-3H3/t12-,13+,14-/m1/s1. The number of rotatable bonds is 7. The van der Waals surface area contributed by atoms with Crippen molar-refractivity contribution in [1.82, 2.24) is 15.5 Å². The molecule has 2 rings (SSSR count). The highest BCUT2D eigenvalue weighted by Crippen LogP contribution is 2.26. The molecule has 1 aliphatic rings. The second-order valence-electron chi connectivity index (χ2n) is 8.21. The van der Waals surface area contributed by atoms with Crippen LogP contribution in [0.5, 0.6) is 5.75 Å². The first-order valence-corrected chi connectivity index (χ1v) is 10.4. The average molecular weight is 433 g/mol. The van der Waals surface area contributed by atoms with Gasteiger partial charge in [0.2, 0.25) is 0 Å². The van der Waals surface area contributed by atoms with Gasteiger partial charge in [-0.15, -0.1) is 10.2 Å². The number of halogens is 2. The zero-order chi connectivity index (χ0) is 20.7. The highest BCUT2D eigenvalue weighted by atomic mass is 35.5. The van der Waals surface area contributed by atoms with E-state index in [1.165, 1.54) is 0 Å². The van der Waals surface area contributed by atoms with E-state index in [1.807, 2.05) is 20.8 Å². The smallest absolute Gasteiger partial charge is 0.309 e. The topological polar surface area (TPSA) is 99.4 Å². The fourth-order valence-corrected chi connectivity index (χ4v) is 3.50. The highest BCUT2D eigenvalue weighted by molar-refractivity contribution is 6.32. The molecule has 9 heteroatoms. The van der Waals surface area contributed by atoms with Gasteiger partial charge in [-0.05, 0) is 59.4 Å². The molecule has 1 heterocycles. The van der Waals surface area contributed by atoms with Crippen LogP contribution in [0.15, 0.2) is 6.07 Å². The van der Waals surface area contributed by atoms with Crippen LogP contribution in [0.2, 0.25) is 10.3 Å². The Labute approximate surface area is 176 Å². The van der Waals surface area contributed by atoms with Crippen molar-refractivity contribution in [1.29, 1.82) is 0 Å². The van der Waals surface area contributed by atoms with Gasteiger partial charge in [0, 0.05) is 18.2 Å². The fourth-order valence-electron chi connectivity index (χ4n) is 3.22. The number of ether oxygens (including phenoxy) is 2. The predicted octanol–water partition coefficient (Wildman–Crippen LogP) is 3.37. The van der Waals surface area contributed by atoms with Gasteiger partial charge >= 0.3 is 5.97 Å². The maximum absolute atomic E-state index is 12.5. The maximum Gasteiger partial charge on any atom is 0.309 e. The molecule has 0 aliphatic heterocycles. The van der Waals surface area contributed by atoms with Gasteiger partial charge in [0.25, 0.3) is 0 Å². The molecule has 1 aliphatic carbocycles. The molecule has 158 valence electrons. The van der Waals surface area contributed by atoms with Crippen molar-refractivity contribution >= 4 is 29.2 Å². The first-order chi connectivity index (χ1) is 13.1. The number of nitrogens with two attached hydrogens (primary N) is 1. The van der Waals surface area contributed by atoms with Crippen molar-refractivity contribution in [3.8, 4) is 5.75 Å². The molecule has 28 heavy (non-hydrogen) atoms. The van der Waals surface area contributed by atoms with Crippen molar-refractivity contribution in [2.45, 2.75) is 70.6 Å². The molecule has 0 amide bonds. The minimum absolute atomic E-state index is 0.0880. The van der Waals surface area contributed by atoms with Crippen LogP contribution in [0.25, 0.3) is 0 Å². The van der Waals surface area contributed by atoms with Crippen molar-refractivity contribution in [3.05, 3.63) is 16.4 Å². The molecule has 0 aromatic carbocycles. The zero-order valence-electron chi connectivity index (χ0n) is 16.7. The van der Waals surface area contributed by atoms with E-state index in [9.17, 15) is 4.79 Å². The Bertz CT molecular complexity index is 655. The molecule has 0 spiro atoms. The van der Waals surface area contributed by atoms with Crippen molar-refractivity contribution in [2.24, 2.45) is 11.7 Å². The summed E-state index contributed by atoms with van der Waals surface area (Å²) in [6.45, 7) is 6.87. The molecular weight excluding hydrogens is 403 g/mol. The number of aromatic nitrogens is 2. The maximum atomic E-state index is 12.5. The number of hydrogen-bond acceptors (Lipinski definition) is 7. The lowest BCUT2D eigenvalue weighted by Crippen LogP contribution is -2.37. The first-order valence-electron chi connectivity index (χ1n) is 9.67. The first kappa shape index (κ1) is 23.1. The summed E-state index contributed by atoms with van der Waals surface area (Å²) in [5.74, 6) is 0.168. The minimum Gasteiger partial charge on any atom is -0.490 e. The van der Waals surface area contributed by atoms with E-state index in [0.29, 0.717) is 12.4 Å². The summed E-state index contributed by atoms with van der Waals surface area (Å²) in [7, 11) is 0. The lowest BCUT2D eigenvalue weighted by Gasteiger charge is -2.25. The summed E-state index contributed by atoms with van der Waals surface area (Å²) < 4.78 is 11.2. The van der Waals surface area contributed by atoms with E-state index in [4.69, 9.17) is 38.4 Å².